The number of rotatable bonds is 0. The number of nitrogens with one attached hydrogen (secondary N) is 3. The summed E-state index contributed by atoms with van der Waals surface area (Å²) in [5, 5.41) is 10.2. The molecule has 0 saturated carbocycles. The molecule has 18 heavy (non-hydrogen) atoms. The summed E-state index contributed by atoms with van der Waals surface area (Å²) in [6.07, 6.45) is 2.77. The standard InChI is InChI=1S/C7H15N.C6H14N2.C2H6/c1-6-3-4-7(2)8-5-6;1-5-6(2)8-4-3-7-5;1-2/h6-8H,3-5H2,1-2H3;5-8H,3-4H2,1-2H3;1-2H3. The van der Waals surface area contributed by atoms with Gasteiger partial charge >= 0.3 is 0 Å². The number of hydrogen-bond acceptors (Lipinski definition) is 3. The van der Waals surface area contributed by atoms with E-state index in [4.69, 9.17) is 0 Å². The van der Waals surface area contributed by atoms with E-state index in [1.165, 1.54) is 19.4 Å². The van der Waals surface area contributed by atoms with Gasteiger partial charge in [0.05, 0.1) is 0 Å². The second-order valence-electron chi connectivity index (χ2n) is 5.48. The molecule has 0 aliphatic carbocycles. The molecule has 3 nitrogen and oxygen atoms in total. The van der Waals surface area contributed by atoms with Gasteiger partial charge in [-0.1, -0.05) is 20.8 Å². The highest BCUT2D eigenvalue weighted by Gasteiger charge is 2.13. The molecule has 2 aliphatic heterocycles. The van der Waals surface area contributed by atoms with Gasteiger partial charge in [-0.25, -0.2) is 0 Å². The second kappa shape index (κ2) is 10.8. The predicted molar refractivity (Wildman–Crippen MR) is 82.1 cm³/mol. The molecule has 0 spiro atoms. The maximum absolute atomic E-state index is 3.43. The minimum atomic E-state index is 0.642. The minimum Gasteiger partial charge on any atom is -0.314 e. The summed E-state index contributed by atoms with van der Waals surface area (Å²) >= 11 is 0. The van der Waals surface area contributed by atoms with Crippen molar-refractivity contribution in [2.75, 3.05) is 19.6 Å². The van der Waals surface area contributed by atoms with Crippen molar-refractivity contribution in [3.05, 3.63) is 0 Å². The van der Waals surface area contributed by atoms with Gasteiger partial charge in [0.1, 0.15) is 0 Å². The molecule has 2 rings (SSSR count). The fourth-order valence-electron chi connectivity index (χ4n) is 2.09. The summed E-state index contributed by atoms with van der Waals surface area (Å²) in [7, 11) is 0. The molecule has 4 unspecified atom stereocenters. The minimum absolute atomic E-state index is 0.642. The number of hydrogen-bond donors (Lipinski definition) is 3. The van der Waals surface area contributed by atoms with Gasteiger partial charge in [-0.05, 0) is 46.1 Å². The lowest BCUT2D eigenvalue weighted by Gasteiger charge is -2.27. The van der Waals surface area contributed by atoms with Crippen LogP contribution in [0, 0.1) is 5.92 Å². The van der Waals surface area contributed by atoms with Crippen LogP contribution in [0.1, 0.15) is 54.4 Å². The van der Waals surface area contributed by atoms with Crippen LogP contribution in [0.2, 0.25) is 0 Å². The van der Waals surface area contributed by atoms with Crippen molar-refractivity contribution in [1.82, 2.24) is 16.0 Å². The first kappa shape index (κ1) is 17.9. The fourth-order valence-corrected chi connectivity index (χ4v) is 2.09. The molecule has 3 heteroatoms. The van der Waals surface area contributed by atoms with E-state index in [-0.39, 0.29) is 0 Å². The lowest BCUT2D eigenvalue weighted by Crippen LogP contribution is -2.52. The summed E-state index contributed by atoms with van der Waals surface area (Å²) in [6.45, 7) is 16.4. The van der Waals surface area contributed by atoms with Crippen molar-refractivity contribution in [2.24, 2.45) is 5.92 Å². The summed E-state index contributed by atoms with van der Waals surface area (Å²) in [6, 6.07) is 2.05. The van der Waals surface area contributed by atoms with E-state index in [1.807, 2.05) is 13.8 Å². The molecule has 0 aromatic heterocycles. The molecule has 2 saturated heterocycles. The smallest absolute Gasteiger partial charge is 0.0190 e. The first-order chi connectivity index (χ1) is 8.59. The molecule has 0 bridgehead atoms. The maximum atomic E-state index is 3.43. The Labute approximate surface area is 114 Å². The zero-order valence-electron chi connectivity index (χ0n) is 13.3. The lowest BCUT2D eigenvalue weighted by molar-refractivity contribution is 0.343. The SMILES string of the molecule is CC.CC1CCC(C)NC1.CC1NCCNC1C. The van der Waals surface area contributed by atoms with Gasteiger partial charge in [-0.2, -0.15) is 0 Å². The van der Waals surface area contributed by atoms with Crippen molar-refractivity contribution >= 4 is 0 Å². The third kappa shape index (κ3) is 8.06. The van der Waals surface area contributed by atoms with E-state index in [2.05, 4.69) is 43.6 Å². The molecule has 110 valence electrons. The van der Waals surface area contributed by atoms with Crippen molar-refractivity contribution in [1.29, 1.82) is 0 Å². The van der Waals surface area contributed by atoms with Crippen LogP contribution in [0.25, 0.3) is 0 Å². The Kier molecular flexibility index (Phi) is 10.7. The Bertz CT molecular complexity index is 157. The third-order valence-electron chi connectivity index (χ3n) is 3.71. The Hall–Kier alpha value is -0.120. The normalized spacial score (nSPS) is 35.7. The molecular formula is C15H35N3. The Morgan fingerprint density at radius 1 is 0.722 bits per heavy atom. The molecule has 0 amide bonds. The first-order valence-electron chi connectivity index (χ1n) is 7.79. The van der Waals surface area contributed by atoms with Gasteiger partial charge in [0.15, 0.2) is 0 Å². The van der Waals surface area contributed by atoms with Crippen molar-refractivity contribution in [3.63, 3.8) is 0 Å². The van der Waals surface area contributed by atoms with Crippen LogP contribution >= 0.6 is 0 Å². The summed E-state index contributed by atoms with van der Waals surface area (Å²) in [5.41, 5.74) is 0. The average Bonchev–Trinajstić information content (AvgIpc) is 2.40. The molecular weight excluding hydrogens is 222 g/mol. The highest BCUT2D eigenvalue weighted by Crippen LogP contribution is 2.11. The topological polar surface area (TPSA) is 36.1 Å². The highest BCUT2D eigenvalue weighted by atomic mass is 15.1. The van der Waals surface area contributed by atoms with Crippen LogP contribution in [0.3, 0.4) is 0 Å². The summed E-state index contributed by atoms with van der Waals surface area (Å²) in [5.74, 6) is 0.909. The van der Waals surface area contributed by atoms with E-state index in [9.17, 15) is 0 Å². The molecule has 0 radical (unpaired) electrons. The van der Waals surface area contributed by atoms with Crippen LogP contribution in [0.4, 0.5) is 0 Å². The van der Waals surface area contributed by atoms with Gasteiger partial charge < -0.3 is 16.0 Å². The van der Waals surface area contributed by atoms with Gasteiger partial charge in [-0.3, -0.25) is 0 Å². The van der Waals surface area contributed by atoms with E-state index in [1.54, 1.807) is 0 Å². The van der Waals surface area contributed by atoms with Crippen LogP contribution in [-0.4, -0.2) is 37.8 Å². The largest absolute Gasteiger partial charge is 0.314 e. The van der Waals surface area contributed by atoms with Crippen LogP contribution < -0.4 is 16.0 Å². The van der Waals surface area contributed by atoms with Gasteiger partial charge in [0.25, 0.3) is 0 Å². The molecule has 2 fully saturated rings. The molecule has 3 N–H and O–H groups in total. The third-order valence-corrected chi connectivity index (χ3v) is 3.71. The molecule has 2 heterocycles. The maximum Gasteiger partial charge on any atom is 0.0190 e. The number of piperazine rings is 1. The van der Waals surface area contributed by atoms with Gasteiger partial charge in [0, 0.05) is 31.2 Å². The highest BCUT2D eigenvalue weighted by molar-refractivity contribution is 4.79. The second-order valence-corrected chi connectivity index (χ2v) is 5.48. The fraction of sp³-hybridized carbons (Fsp3) is 1.00. The lowest BCUT2D eigenvalue weighted by atomic mass is 9.98. The van der Waals surface area contributed by atoms with Crippen molar-refractivity contribution < 1.29 is 0 Å². The summed E-state index contributed by atoms with van der Waals surface area (Å²) in [4.78, 5) is 0. The summed E-state index contributed by atoms with van der Waals surface area (Å²) < 4.78 is 0. The zero-order valence-corrected chi connectivity index (χ0v) is 13.3. The van der Waals surface area contributed by atoms with E-state index >= 15 is 0 Å². The Morgan fingerprint density at radius 3 is 1.50 bits per heavy atom. The van der Waals surface area contributed by atoms with Gasteiger partial charge in [-0.15, -0.1) is 0 Å². The van der Waals surface area contributed by atoms with Crippen molar-refractivity contribution in [2.45, 2.75) is 72.5 Å². The molecule has 0 aromatic carbocycles. The van der Waals surface area contributed by atoms with Gasteiger partial charge in [0.2, 0.25) is 0 Å². The Balaban J connectivity index is 0.000000283. The van der Waals surface area contributed by atoms with E-state index in [0.29, 0.717) is 12.1 Å². The monoisotopic (exact) mass is 257 g/mol. The predicted octanol–water partition coefficient (Wildman–Crippen LogP) is 2.38. The van der Waals surface area contributed by atoms with E-state index < -0.39 is 0 Å². The average molecular weight is 257 g/mol. The zero-order chi connectivity index (χ0) is 14.0. The van der Waals surface area contributed by atoms with Crippen LogP contribution in [-0.2, 0) is 0 Å². The van der Waals surface area contributed by atoms with Crippen molar-refractivity contribution in [3.8, 4) is 0 Å². The first-order valence-corrected chi connectivity index (χ1v) is 7.79. The molecule has 2 aliphatic rings. The van der Waals surface area contributed by atoms with Crippen LogP contribution in [0.15, 0.2) is 0 Å². The molecule has 4 atom stereocenters. The quantitative estimate of drug-likeness (QED) is 0.623. The van der Waals surface area contributed by atoms with Crippen LogP contribution in [0.5, 0.6) is 0 Å². The van der Waals surface area contributed by atoms with E-state index in [0.717, 1.165) is 25.0 Å². The number of piperidine rings is 1. The Morgan fingerprint density at radius 2 is 1.22 bits per heavy atom. The molecule has 0 aromatic rings.